The smallest absolute Gasteiger partial charge is 0.0554 e. The van der Waals surface area contributed by atoms with Gasteiger partial charge in [-0.15, -0.1) is 0 Å². The molecule has 0 fully saturated rings. The van der Waals surface area contributed by atoms with Gasteiger partial charge in [0.25, 0.3) is 0 Å². The van der Waals surface area contributed by atoms with Crippen LogP contribution in [0.15, 0.2) is 0 Å². The predicted octanol–water partition coefficient (Wildman–Crippen LogP) is 3.89. The molecule has 0 radical (unpaired) electrons. The van der Waals surface area contributed by atoms with Gasteiger partial charge in [0.1, 0.15) is 0 Å². The number of hydrogen-bond acceptors (Lipinski definition) is 11. The molecule has 0 aromatic heterocycles. The minimum absolute atomic E-state index is 1.58. The highest BCUT2D eigenvalue weighted by molar-refractivity contribution is 7.79. The van der Waals surface area contributed by atoms with Gasteiger partial charge in [0, 0.05) is 0 Å². The summed E-state index contributed by atoms with van der Waals surface area (Å²) in [4.78, 5) is 0. The van der Waals surface area contributed by atoms with E-state index in [1.54, 1.807) is 32.1 Å². The highest BCUT2D eigenvalue weighted by atomic mass is 32.1. The number of thiocarbonyl (C=S) groups is 5. The molecule has 0 bridgehead atoms. The van der Waals surface area contributed by atoms with E-state index in [1.165, 1.54) is 0 Å². The number of nitrogens with one attached hydrogen (secondary N) is 5. The quantitative estimate of drug-likeness (QED) is 0.226. The highest BCUT2D eigenvalue weighted by Crippen LogP contribution is 1.31. The van der Waals surface area contributed by atoms with Crippen LogP contribution >= 0.6 is 73.7 Å². The number of isothiocyanates is 5. The molecule has 5 N–H and O–H groups in total. The van der Waals surface area contributed by atoms with Gasteiger partial charge >= 0.3 is 0 Å². The number of hydrogen-bond donors (Lipinski definition) is 6. The summed E-state index contributed by atoms with van der Waals surface area (Å²) in [5.41, 5.74) is 0. The Morgan fingerprint density at radius 1 is 0.529 bits per heavy atom. The Morgan fingerprint density at radius 2 is 0.529 bits per heavy atom. The highest BCUT2D eigenvalue weighted by Gasteiger charge is 0.986. The third kappa shape index (κ3) is 6480. The fraction of sp³-hybridized carbons (Fsp3) is 0.167. The first-order valence-corrected chi connectivity index (χ1v) is 5.65. The monoisotopic (exact) mass is 343 g/mol. The van der Waals surface area contributed by atoms with Crippen molar-refractivity contribution in [3.8, 4) is 0 Å². The van der Waals surface area contributed by atoms with Crippen molar-refractivity contribution in [3.05, 3.63) is 0 Å². The normalized spacial score (nSPS) is 2.71. The first-order chi connectivity index (χ1) is 8.07. The lowest BCUT2D eigenvalue weighted by Gasteiger charge is -1.11. The molecule has 0 aliphatic carbocycles. The second kappa shape index (κ2) is 167. The fourth-order valence-electron chi connectivity index (χ4n) is 0. The molecule has 0 aliphatic heterocycles. The summed E-state index contributed by atoms with van der Waals surface area (Å²) in [6.45, 7) is 0. The van der Waals surface area contributed by atoms with Crippen molar-refractivity contribution in [2.45, 2.75) is 0 Å². The van der Waals surface area contributed by atoms with E-state index < -0.39 is 0 Å². The lowest BCUT2D eigenvalue weighted by molar-refractivity contribution is 1.61. The van der Waals surface area contributed by atoms with Gasteiger partial charge in [-0.05, 0) is 67.3 Å². The maximum atomic E-state index is 5.77. The molecule has 0 spiro atoms. The minimum Gasteiger partial charge on any atom is -0.248 e. The van der Waals surface area contributed by atoms with Gasteiger partial charge in [0.2, 0.25) is 0 Å². The van der Waals surface area contributed by atoms with Crippen molar-refractivity contribution in [1.82, 2.24) is 0 Å². The SMILES string of the molecule is CS.N=C=S.N=C=S.N=C=S.N=C=S.N=C=S. The molecule has 0 atom stereocenters. The maximum absolute atomic E-state index is 5.77. The first kappa shape index (κ1) is 36.0. The number of thiol groups is 1. The van der Waals surface area contributed by atoms with Crippen molar-refractivity contribution < 1.29 is 0 Å². The zero-order chi connectivity index (χ0) is 15.5. The van der Waals surface area contributed by atoms with Crippen LogP contribution in [0.2, 0.25) is 0 Å². The van der Waals surface area contributed by atoms with Gasteiger partial charge in [-0.25, -0.2) is 27.0 Å². The van der Waals surface area contributed by atoms with E-state index >= 15 is 0 Å². The van der Waals surface area contributed by atoms with E-state index in [0.717, 1.165) is 0 Å². The van der Waals surface area contributed by atoms with Crippen molar-refractivity contribution in [3.63, 3.8) is 0 Å². The van der Waals surface area contributed by atoms with Crippen LogP contribution in [0, 0.1) is 27.0 Å². The van der Waals surface area contributed by atoms with E-state index in [2.05, 4.69) is 73.7 Å². The lowest BCUT2D eigenvalue weighted by Crippen LogP contribution is -1.03. The van der Waals surface area contributed by atoms with Crippen LogP contribution in [0.4, 0.5) is 0 Å². The molecule has 0 aliphatic rings. The molecular formula is C6H9N5S6. The summed E-state index contributed by atoms with van der Waals surface area (Å²) in [6.07, 6.45) is 1.69. The van der Waals surface area contributed by atoms with Crippen LogP contribution in [0.1, 0.15) is 0 Å². The van der Waals surface area contributed by atoms with Gasteiger partial charge in [-0.3, -0.25) is 0 Å². The zero-order valence-electron chi connectivity index (χ0n) is 8.49. The summed E-state index contributed by atoms with van der Waals surface area (Å²) < 4.78 is 0. The van der Waals surface area contributed by atoms with Crippen LogP contribution < -0.4 is 0 Å². The Bertz CT molecular complexity index is 202. The van der Waals surface area contributed by atoms with Gasteiger partial charge < -0.3 is 0 Å². The van der Waals surface area contributed by atoms with Crippen molar-refractivity contribution in [2.24, 2.45) is 0 Å². The van der Waals surface area contributed by atoms with Gasteiger partial charge in [0.15, 0.2) is 0 Å². The van der Waals surface area contributed by atoms with E-state index in [4.69, 9.17) is 27.0 Å². The predicted molar refractivity (Wildman–Crippen MR) is 91.5 cm³/mol. The fourth-order valence-corrected chi connectivity index (χ4v) is 0. The van der Waals surface area contributed by atoms with Crippen LogP contribution in [-0.4, -0.2) is 32.1 Å². The zero-order valence-corrected chi connectivity index (χ0v) is 13.5. The average Bonchev–Trinajstić information content (AvgIpc) is 2.25. The van der Waals surface area contributed by atoms with Gasteiger partial charge in [0.05, 0.1) is 25.8 Å². The van der Waals surface area contributed by atoms with E-state index in [9.17, 15) is 0 Å². The standard InChI is InChI=1S/5CHNS.CH4S/c5*2-1-3;1-2/h5*2H;2H,1H3. The number of rotatable bonds is 0. The Labute approximate surface area is 132 Å². The minimum atomic E-state index is 1.58. The summed E-state index contributed by atoms with van der Waals surface area (Å²) in [7, 11) is 0. The maximum Gasteiger partial charge on any atom is 0.0554 e. The Morgan fingerprint density at radius 3 is 0.529 bits per heavy atom. The second-order valence-electron chi connectivity index (χ2n) is 0.510. The molecule has 17 heavy (non-hydrogen) atoms. The van der Waals surface area contributed by atoms with Crippen LogP contribution in [-0.2, 0) is 0 Å². The van der Waals surface area contributed by atoms with Crippen molar-refractivity contribution in [2.75, 3.05) is 6.26 Å². The Hall–Kier alpha value is -0.650. The molecule has 94 valence electrons. The van der Waals surface area contributed by atoms with Crippen molar-refractivity contribution >= 4 is 99.5 Å². The van der Waals surface area contributed by atoms with Gasteiger partial charge in [-0.1, -0.05) is 0 Å². The molecule has 0 saturated carbocycles. The van der Waals surface area contributed by atoms with E-state index in [0.29, 0.717) is 0 Å². The summed E-state index contributed by atoms with van der Waals surface area (Å²) in [5, 5.41) is 36.8. The van der Waals surface area contributed by atoms with Crippen LogP contribution in [0.5, 0.6) is 0 Å². The van der Waals surface area contributed by atoms with Crippen LogP contribution in [0.25, 0.3) is 0 Å². The molecule has 0 heterocycles. The molecule has 0 rings (SSSR count). The molecule has 0 unspecified atom stereocenters. The molecule has 0 saturated heterocycles. The molecule has 5 nitrogen and oxygen atoms in total. The second-order valence-corrected chi connectivity index (χ2v) is 1.53. The summed E-state index contributed by atoms with van der Waals surface area (Å²) >= 11 is 22.6. The third-order valence-corrected chi connectivity index (χ3v) is 0. The van der Waals surface area contributed by atoms with Crippen molar-refractivity contribution in [1.29, 1.82) is 27.0 Å². The Balaban J connectivity index is -0.0000000215. The summed E-state index contributed by atoms with van der Waals surface area (Å²) in [5.74, 6) is 0. The van der Waals surface area contributed by atoms with E-state index in [-0.39, 0.29) is 0 Å². The largest absolute Gasteiger partial charge is 0.248 e. The molecular weight excluding hydrogens is 335 g/mol. The average molecular weight is 344 g/mol. The van der Waals surface area contributed by atoms with Gasteiger partial charge in [-0.2, -0.15) is 12.6 Å². The molecule has 0 aromatic rings. The topological polar surface area (TPSA) is 119 Å². The lowest BCUT2D eigenvalue weighted by atomic mass is 11.8. The first-order valence-electron chi connectivity index (χ1n) is 2.72. The third-order valence-electron chi connectivity index (χ3n) is 0. The molecule has 0 aromatic carbocycles. The van der Waals surface area contributed by atoms with E-state index in [1.807, 2.05) is 0 Å². The molecule has 0 amide bonds. The Kier molecular flexibility index (Phi) is 353. The molecule has 11 heteroatoms. The van der Waals surface area contributed by atoms with Crippen LogP contribution in [0.3, 0.4) is 0 Å². The summed E-state index contributed by atoms with van der Waals surface area (Å²) in [6, 6.07) is 0.